The van der Waals surface area contributed by atoms with Crippen LogP contribution in [0, 0.1) is 0 Å². The molecule has 0 aromatic carbocycles. The first-order chi connectivity index (χ1) is 9.41. The molecule has 0 aliphatic carbocycles. The molecular weight excluding hydrogens is 337 g/mol. The van der Waals surface area contributed by atoms with E-state index >= 15 is 0 Å². The number of sulfone groups is 1. The monoisotopic (exact) mass is 346 g/mol. The summed E-state index contributed by atoms with van der Waals surface area (Å²) in [5.74, 6) is -1.01. The van der Waals surface area contributed by atoms with Gasteiger partial charge in [0.25, 0.3) is 0 Å². The summed E-state index contributed by atoms with van der Waals surface area (Å²) >= 11 is 5.25. The van der Waals surface area contributed by atoms with Gasteiger partial charge in [0.05, 0.1) is 11.8 Å². The molecule has 1 aromatic rings. The van der Waals surface area contributed by atoms with Gasteiger partial charge in [-0.25, -0.2) is 8.42 Å². The topological polar surface area (TPSA) is 86.4 Å². The highest BCUT2D eigenvalue weighted by atomic mass is 35.5. The summed E-state index contributed by atoms with van der Waals surface area (Å²) in [5, 5.41) is 9.26. The second-order valence-electron chi connectivity index (χ2n) is 5.01. The molecule has 12 heteroatoms. The lowest BCUT2D eigenvalue weighted by Crippen LogP contribution is -2.24. The molecular formula is C9H10ClF3N4O3S. The Kier molecular flexibility index (Phi) is 3.69. The molecule has 1 aliphatic heterocycles. The SMILES string of the molecule is CC1(C)CC(S(=O)(=O)Cc2nn(Cl)nc2C(F)(F)F)=NO1. The maximum Gasteiger partial charge on any atom is 0.437 e. The molecule has 0 unspecified atom stereocenters. The normalized spacial score (nSPS) is 18.5. The fraction of sp³-hybridized carbons (Fsp3) is 0.667. The number of oxime groups is 1. The van der Waals surface area contributed by atoms with E-state index < -0.39 is 38.8 Å². The Labute approximate surface area is 122 Å². The molecule has 0 radical (unpaired) electrons. The van der Waals surface area contributed by atoms with Crippen LogP contribution in [-0.4, -0.2) is 33.6 Å². The fourth-order valence-electron chi connectivity index (χ4n) is 1.66. The summed E-state index contributed by atoms with van der Waals surface area (Å²) < 4.78 is 62.5. The number of aromatic nitrogens is 3. The second-order valence-corrected chi connectivity index (χ2v) is 7.30. The number of halogens is 4. The van der Waals surface area contributed by atoms with Crippen LogP contribution in [0.25, 0.3) is 0 Å². The van der Waals surface area contributed by atoms with Crippen molar-refractivity contribution in [2.75, 3.05) is 0 Å². The Bertz CT molecular complexity index is 696. The van der Waals surface area contributed by atoms with E-state index in [0.717, 1.165) is 0 Å². The Morgan fingerprint density at radius 2 is 2.00 bits per heavy atom. The van der Waals surface area contributed by atoms with E-state index in [1.807, 2.05) is 0 Å². The molecule has 118 valence electrons. The van der Waals surface area contributed by atoms with E-state index in [1.165, 1.54) is 0 Å². The maximum atomic E-state index is 12.7. The number of nitrogens with zero attached hydrogens (tertiary/aromatic N) is 4. The van der Waals surface area contributed by atoms with Crippen LogP contribution < -0.4 is 0 Å². The molecule has 0 spiro atoms. The minimum atomic E-state index is -4.86. The molecule has 0 fully saturated rings. The Morgan fingerprint density at radius 1 is 1.38 bits per heavy atom. The molecule has 2 rings (SSSR count). The van der Waals surface area contributed by atoms with Gasteiger partial charge in [0, 0.05) is 6.42 Å². The zero-order chi connectivity index (χ0) is 16.1. The smallest absolute Gasteiger partial charge is 0.389 e. The van der Waals surface area contributed by atoms with Gasteiger partial charge in [0.15, 0.2) is 10.7 Å². The van der Waals surface area contributed by atoms with Gasteiger partial charge in [-0.05, 0) is 13.8 Å². The van der Waals surface area contributed by atoms with E-state index in [0.29, 0.717) is 0 Å². The van der Waals surface area contributed by atoms with Crippen molar-refractivity contribution in [1.29, 1.82) is 0 Å². The van der Waals surface area contributed by atoms with Crippen LogP contribution >= 0.6 is 11.8 Å². The standard InChI is InChI=1S/C9H10ClF3N4O3S/c1-8(2)3-6(16-20-8)21(18,19)4-5-7(9(11,12)13)15-17(10)14-5/h3-4H2,1-2H3. The Balaban J connectivity index is 2.31. The minimum Gasteiger partial charge on any atom is -0.389 e. The molecule has 1 aromatic heterocycles. The third kappa shape index (κ3) is 3.46. The van der Waals surface area contributed by atoms with Crippen LogP contribution in [-0.2, 0) is 26.6 Å². The minimum absolute atomic E-state index is 0.0360. The van der Waals surface area contributed by atoms with Gasteiger partial charge in [-0.3, -0.25) is 0 Å². The molecule has 7 nitrogen and oxygen atoms in total. The van der Waals surface area contributed by atoms with E-state index in [9.17, 15) is 21.6 Å². The van der Waals surface area contributed by atoms with E-state index in [4.69, 9.17) is 16.6 Å². The number of alkyl halides is 3. The van der Waals surface area contributed by atoms with E-state index in [2.05, 4.69) is 15.4 Å². The Morgan fingerprint density at radius 3 is 2.48 bits per heavy atom. The summed E-state index contributed by atoms with van der Waals surface area (Å²) in [6.07, 6.45) is -4.89. The van der Waals surface area contributed by atoms with Crippen LogP contribution in [0.15, 0.2) is 5.16 Å². The Hall–Kier alpha value is -1.36. The highest BCUT2D eigenvalue weighted by Gasteiger charge is 2.42. The van der Waals surface area contributed by atoms with Crippen molar-refractivity contribution in [1.82, 2.24) is 14.5 Å². The quantitative estimate of drug-likeness (QED) is 0.814. The van der Waals surface area contributed by atoms with Gasteiger partial charge in [0.2, 0.25) is 9.84 Å². The highest BCUT2D eigenvalue weighted by molar-refractivity contribution is 8.05. The number of hydrogen-bond donors (Lipinski definition) is 0. The van der Waals surface area contributed by atoms with Gasteiger partial charge >= 0.3 is 6.18 Å². The van der Waals surface area contributed by atoms with E-state index in [1.54, 1.807) is 13.8 Å². The van der Waals surface area contributed by atoms with Crippen molar-refractivity contribution in [3.05, 3.63) is 11.4 Å². The van der Waals surface area contributed by atoms with Crippen molar-refractivity contribution < 1.29 is 26.4 Å². The van der Waals surface area contributed by atoms with Crippen molar-refractivity contribution in [2.45, 2.75) is 37.8 Å². The van der Waals surface area contributed by atoms with Gasteiger partial charge in [-0.15, -0.1) is 10.2 Å². The molecule has 0 bridgehead atoms. The molecule has 0 amide bonds. The third-order valence-electron chi connectivity index (χ3n) is 2.58. The number of hydrogen-bond acceptors (Lipinski definition) is 6. The molecule has 0 saturated heterocycles. The zero-order valence-corrected chi connectivity index (χ0v) is 12.4. The maximum absolute atomic E-state index is 12.7. The fourth-order valence-corrected chi connectivity index (χ4v) is 3.27. The second kappa shape index (κ2) is 4.83. The first-order valence-corrected chi connectivity index (χ1v) is 7.57. The first-order valence-electron chi connectivity index (χ1n) is 5.58. The van der Waals surface area contributed by atoms with Crippen LogP contribution in [0.3, 0.4) is 0 Å². The predicted molar refractivity (Wildman–Crippen MR) is 66.1 cm³/mol. The van der Waals surface area contributed by atoms with Crippen molar-refractivity contribution in [3.63, 3.8) is 0 Å². The summed E-state index contributed by atoms with van der Waals surface area (Å²) in [4.78, 5) is 4.90. The largest absolute Gasteiger partial charge is 0.437 e. The molecule has 1 aliphatic rings. The summed E-state index contributed by atoms with van der Waals surface area (Å²) in [5.41, 5.74) is -3.05. The summed E-state index contributed by atoms with van der Waals surface area (Å²) in [6, 6.07) is 0. The molecule has 0 saturated carbocycles. The van der Waals surface area contributed by atoms with Crippen LogP contribution in [0.2, 0.25) is 0 Å². The van der Waals surface area contributed by atoms with Crippen molar-refractivity contribution in [3.8, 4) is 0 Å². The zero-order valence-electron chi connectivity index (χ0n) is 10.8. The molecule has 0 atom stereocenters. The first kappa shape index (κ1) is 16.0. The van der Waals surface area contributed by atoms with Gasteiger partial charge < -0.3 is 4.84 Å². The molecule has 2 heterocycles. The van der Waals surface area contributed by atoms with Crippen molar-refractivity contribution in [2.24, 2.45) is 5.16 Å². The van der Waals surface area contributed by atoms with Crippen molar-refractivity contribution >= 4 is 26.7 Å². The van der Waals surface area contributed by atoms with E-state index in [-0.39, 0.29) is 15.8 Å². The van der Waals surface area contributed by atoms with Gasteiger partial charge in [-0.1, -0.05) is 9.47 Å². The average molecular weight is 347 g/mol. The average Bonchev–Trinajstić information content (AvgIpc) is 2.80. The molecule has 21 heavy (non-hydrogen) atoms. The van der Waals surface area contributed by atoms with Gasteiger partial charge in [-0.2, -0.15) is 13.2 Å². The summed E-state index contributed by atoms with van der Waals surface area (Å²) in [7, 11) is -4.10. The van der Waals surface area contributed by atoms with Gasteiger partial charge in [0.1, 0.15) is 17.0 Å². The predicted octanol–water partition coefficient (Wildman–Crippen LogP) is 1.73. The number of rotatable bonds is 2. The summed E-state index contributed by atoms with van der Waals surface area (Å²) in [6.45, 7) is 3.21. The van der Waals surface area contributed by atoms with Crippen LogP contribution in [0.5, 0.6) is 0 Å². The third-order valence-corrected chi connectivity index (χ3v) is 4.33. The van der Waals surface area contributed by atoms with Crippen LogP contribution in [0.4, 0.5) is 13.2 Å². The van der Waals surface area contributed by atoms with Crippen LogP contribution in [0.1, 0.15) is 31.7 Å². The lowest BCUT2D eigenvalue weighted by Gasteiger charge is -2.13. The highest BCUT2D eigenvalue weighted by Crippen LogP contribution is 2.32. The lowest BCUT2D eigenvalue weighted by molar-refractivity contribution is -0.141. The lowest BCUT2D eigenvalue weighted by atomic mass is 10.1. The molecule has 0 N–H and O–H groups in total.